The Morgan fingerprint density at radius 1 is 1.03 bits per heavy atom. The van der Waals surface area contributed by atoms with Crippen LogP contribution >= 0.6 is 24.0 Å². The number of rotatable bonds is 12. The highest BCUT2D eigenvalue weighted by Gasteiger charge is 2.09. The molecule has 0 fully saturated rings. The quantitative estimate of drug-likeness (QED) is 0.159. The molecule has 0 spiro atoms. The summed E-state index contributed by atoms with van der Waals surface area (Å²) in [6.45, 7) is 6.35. The van der Waals surface area contributed by atoms with Crippen molar-refractivity contribution in [2.75, 3.05) is 40.5 Å². The van der Waals surface area contributed by atoms with Crippen LogP contribution in [-0.4, -0.2) is 51.5 Å². The number of aliphatic hydroxyl groups is 1. The van der Waals surface area contributed by atoms with E-state index in [2.05, 4.69) is 21.7 Å². The summed E-state index contributed by atoms with van der Waals surface area (Å²) in [5.41, 5.74) is 1.98. The van der Waals surface area contributed by atoms with E-state index in [0.717, 1.165) is 48.7 Å². The lowest BCUT2D eigenvalue weighted by Crippen LogP contribution is -2.38. The van der Waals surface area contributed by atoms with Crippen LogP contribution in [0.1, 0.15) is 37.5 Å². The van der Waals surface area contributed by atoms with Gasteiger partial charge in [0.2, 0.25) is 0 Å². The molecule has 0 saturated carbocycles. The van der Waals surface area contributed by atoms with E-state index < -0.39 is 6.10 Å². The van der Waals surface area contributed by atoms with Gasteiger partial charge in [-0.15, -0.1) is 24.0 Å². The van der Waals surface area contributed by atoms with Crippen LogP contribution < -0.4 is 24.8 Å². The zero-order chi connectivity index (χ0) is 22.5. The van der Waals surface area contributed by atoms with Gasteiger partial charge in [-0.05, 0) is 62.1 Å². The van der Waals surface area contributed by atoms with Gasteiger partial charge in [0.25, 0.3) is 0 Å². The first-order valence-corrected chi connectivity index (χ1v) is 10.7. The average molecular weight is 557 g/mol. The van der Waals surface area contributed by atoms with Crippen LogP contribution in [-0.2, 0) is 6.42 Å². The molecule has 0 aliphatic carbocycles. The number of hydrogen-bond acceptors (Lipinski definition) is 5. The Morgan fingerprint density at radius 3 is 2.53 bits per heavy atom. The maximum Gasteiger partial charge on any atom is 0.191 e. The van der Waals surface area contributed by atoms with E-state index in [1.54, 1.807) is 14.2 Å². The fraction of sp³-hybridized carbons (Fsp3) is 0.458. The van der Waals surface area contributed by atoms with E-state index >= 15 is 0 Å². The molecule has 32 heavy (non-hydrogen) atoms. The lowest BCUT2D eigenvalue weighted by Gasteiger charge is -2.14. The van der Waals surface area contributed by atoms with E-state index in [0.29, 0.717) is 12.6 Å². The maximum absolute atomic E-state index is 10.5. The van der Waals surface area contributed by atoms with Crippen LogP contribution in [0.5, 0.6) is 17.2 Å². The summed E-state index contributed by atoms with van der Waals surface area (Å²) in [6, 6.07) is 13.4. The molecule has 0 aliphatic rings. The summed E-state index contributed by atoms with van der Waals surface area (Å²) in [5.74, 6) is 2.93. The third-order valence-corrected chi connectivity index (χ3v) is 4.71. The maximum atomic E-state index is 10.5. The minimum Gasteiger partial charge on any atom is -0.497 e. The standard InChI is InChI=1S/C24H35N3O4.HI/c1-5-25-24(27-17-21(28)19-10-7-11-20(16-19)29-3)26-14-8-9-18-12-13-22(30-4)23(15-18)31-6-2;/h7,10-13,15-16,21,28H,5-6,8-9,14,17H2,1-4H3,(H2,25,26,27);1H. The Bertz CT molecular complexity index is 833. The van der Waals surface area contributed by atoms with Crippen molar-refractivity contribution >= 4 is 29.9 Å². The van der Waals surface area contributed by atoms with Crippen LogP contribution in [0, 0.1) is 0 Å². The van der Waals surface area contributed by atoms with Crippen molar-refractivity contribution in [2.24, 2.45) is 4.99 Å². The smallest absolute Gasteiger partial charge is 0.191 e. The number of ether oxygens (including phenoxy) is 3. The summed E-state index contributed by atoms with van der Waals surface area (Å²) in [4.78, 5) is 4.52. The van der Waals surface area contributed by atoms with Crippen molar-refractivity contribution in [3.05, 3.63) is 53.6 Å². The van der Waals surface area contributed by atoms with E-state index in [4.69, 9.17) is 14.2 Å². The lowest BCUT2D eigenvalue weighted by molar-refractivity contribution is 0.186. The second-order valence-corrected chi connectivity index (χ2v) is 6.96. The van der Waals surface area contributed by atoms with Gasteiger partial charge in [0.15, 0.2) is 17.5 Å². The number of aliphatic imine (C=N–C) groups is 1. The Morgan fingerprint density at radius 2 is 1.84 bits per heavy atom. The van der Waals surface area contributed by atoms with Gasteiger partial charge in [0.05, 0.1) is 33.5 Å². The topological polar surface area (TPSA) is 84.3 Å². The molecule has 1 atom stereocenters. The molecule has 0 bridgehead atoms. The monoisotopic (exact) mass is 557 g/mol. The fourth-order valence-electron chi connectivity index (χ4n) is 3.12. The molecule has 0 aliphatic heterocycles. The fourth-order valence-corrected chi connectivity index (χ4v) is 3.12. The Hall–Kier alpha value is -2.20. The molecule has 3 N–H and O–H groups in total. The summed E-state index contributed by atoms with van der Waals surface area (Å²) in [7, 11) is 3.26. The summed E-state index contributed by atoms with van der Waals surface area (Å²) >= 11 is 0. The highest BCUT2D eigenvalue weighted by molar-refractivity contribution is 14.0. The van der Waals surface area contributed by atoms with Crippen molar-refractivity contribution < 1.29 is 19.3 Å². The number of benzene rings is 2. The first-order chi connectivity index (χ1) is 15.1. The van der Waals surface area contributed by atoms with E-state index in [9.17, 15) is 5.11 Å². The molecule has 0 heterocycles. The molecule has 0 aromatic heterocycles. The van der Waals surface area contributed by atoms with Gasteiger partial charge in [-0.3, -0.25) is 4.99 Å². The molecule has 0 amide bonds. The number of nitrogens with zero attached hydrogens (tertiary/aromatic N) is 1. The molecule has 1 unspecified atom stereocenters. The molecule has 2 rings (SSSR count). The average Bonchev–Trinajstić information content (AvgIpc) is 2.80. The Labute approximate surface area is 208 Å². The molecule has 8 heteroatoms. The summed E-state index contributed by atoms with van der Waals surface area (Å²) in [6.07, 6.45) is 1.14. The highest BCUT2D eigenvalue weighted by atomic mass is 127. The number of aryl methyl sites for hydroxylation is 1. The van der Waals surface area contributed by atoms with Crippen LogP contribution in [0.15, 0.2) is 47.5 Å². The minimum absolute atomic E-state index is 0. The largest absolute Gasteiger partial charge is 0.497 e. The molecule has 2 aromatic carbocycles. The van der Waals surface area contributed by atoms with Crippen molar-refractivity contribution in [1.29, 1.82) is 0 Å². The van der Waals surface area contributed by atoms with Crippen LogP contribution in [0.3, 0.4) is 0 Å². The number of hydrogen-bond donors (Lipinski definition) is 3. The van der Waals surface area contributed by atoms with Crippen LogP contribution in [0.4, 0.5) is 0 Å². The zero-order valence-electron chi connectivity index (χ0n) is 19.4. The van der Waals surface area contributed by atoms with Crippen LogP contribution in [0.25, 0.3) is 0 Å². The normalized spacial score (nSPS) is 11.8. The SMILES string of the molecule is CCNC(=NCC(O)c1cccc(OC)c1)NCCCc1ccc(OC)c(OCC)c1.I. The van der Waals surface area contributed by atoms with Gasteiger partial charge in [-0.25, -0.2) is 0 Å². The van der Waals surface area contributed by atoms with Gasteiger partial charge in [0.1, 0.15) is 5.75 Å². The first kappa shape index (κ1) is 27.8. The second-order valence-electron chi connectivity index (χ2n) is 6.96. The molecule has 0 radical (unpaired) electrons. The van der Waals surface area contributed by atoms with E-state index in [-0.39, 0.29) is 30.5 Å². The number of nitrogens with one attached hydrogen (secondary N) is 2. The molecular formula is C24H36IN3O4. The molecule has 178 valence electrons. The third-order valence-electron chi connectivity index (χ3n) is 4.71. The Balaban J connectivity index is 0.00000512. The summed E-state index contributed by atoms with van der Waals surface area (Å²) < 4.78 is 16.2. The van der Waals surface area contributed by atoms with Crippen molar-refractivity contribution in [1.82, 2.24) is 10.6 Å². The number of halogens is 1. The highest BCUT2D eigenvalue weighted by Crippen LogP contribution is 2.28. The van der Waals surface area contributed by atoms with Gasteiger partial charge in [-0.2, -0.15) is 0 Å². The number of aliphatic hydroxyl groups excluding tert-OH is 1. The third kappa shape index (κ3) is 9.12. The molecule has 0 saturated heterocycles. The van der Waals surface area contributed by atoms with Gasteiger partial charge >= 0.3 is 0 Å². The van der Waals surface area contributed by atoms with E-state index in [1.807, 2.05) is 50.2 Å². The predicted molar refractivity (Wildman–Crippen MR) is 140 cm³/mol. The molecular weight excluding hydrogens is 521 g/mol. The number of guanidine groups is 1. The Kier molecular flexibility index (Phi) is 13.5. The predicted octanol–water partition coefficient (Wildman–Crippen LogP) is 3.94. The second kappa shape index (κ2) is 15.6. The minimum atomic E-state index is -0.693. The van der Waals surface area contributed by atoms with E-state index in [1.165, 1.54) is 5.56 Å². The van der Waals surface area contributed by atoms with Crippen molar-refractivity contribution in [3.63, 3.8) is 0 Å². The lowest BCUT2D eigenvalue weighted by atomic mass is 10.1. The van der Waals surface area contributed by atoms with Crippen LogP contribution in [0.2, 0.25) is 0 Å². The zero-order valence-corrected chi connectivity index (χ0v) is 21.7. The van der Waals surface area contributed by atoms with Gasteiger partial charge in [-0.1, -0.05) is 18.2 Å². The van der Waals surface area contributed by atoms with Gasteiger partial charge < -0.3 is 30.0 Å². The van der Waals surface area contributed by atoms with Crippen molar-refractivity contribution in [3.8, 4) is 17.2 Å². The molecule has 2 aromatic rings. The molecule has 7 nitrogen and oxygen atoms in total. The van der Waals surface area contributed by atoms with Crippen molar-refractivity contribution in [2.45, 2.75) is 32.8 Å². The summed E-state index contributed by atoms with van der Waals surface area (Å²) in [5, 5.41) is 17.0. The number of methoxy groups -OCH3 is 2. The van der Waals surface area contributed by atoms with Gasteiger partial charge in [0, 0.05) is 13.1 Å². The first-order valence-electron chi connectivity index (χ1n) is 10.7.